The molecule has 0 heterocycles. The molecule has 3 nitrogen and oxygen atoms in total. The second kappa shape index (κ2) is 7.70. The zero-order valence-corrected chi connectivity index (χ0v) is 9.37. The predicted octanol–water partition coefficient (Wildman–Crippen LogP) is 0.886. The molecule has 0 aliphatic heterocycles. The summed E-state index contributed by atoms with van der Waals surface area (Å²) in [7, 11) is 0. The summed E-state index contributed by atoms with van der Waals surface area (Å²) in [5.74, 6) is 2.55. The summed E-state index contributed by atoms with van der Waals surface area (Å²) in [6.45, 7) is 2.35. The largest absolute Gasteiger partial charge is 0.379 e. The van der Waals surface area contributed by atoms with Crippen LogP contribution >= 0.6 is 0 Å². The van der Waals surface area contributed by atoms with E-state index in [4.69, 9.17) is 16.9 Å². The van der Waals surface area contributed by atoms with Crippen LogP contribution in [0.3, 0.4) is 0 Å². The maximum Gasteiger partial charge on any atom is 0.0591 e. The van der Waals surface area contributed by atoms with Crippen molar-refractivity contribution in [1.82, 2.24) is 5.32 Å². The molecule has 0 aromatic carbocycles. The number of hydrogen-bond acceptors (Lipinski definition) is 3. The van der Waals surface area contributed by atoms with E-state index in [0.29, 0.717) is 25.1 Å². The van der Waals surface area contributed by atoms with E-state index in [9.17, 15) is 0 Å². The minimum Gasteiger partial charge on any atom is -0.379 e. The molecule has 0 atom stereocenters. The lowest BCUT2D eigenvalue weighted by Gasteiger charge is -2.26. The molecular formula is C12H22N2O. The normalized spacial score (nSPS) is 26.1. The molecule has 0 unspecified atom stereocenters. The van der Waals surface area contributed by atoms with Gasteiger partial charge in [-0.15, -0.1) is 12.3 Å². The molecule has 3 heteroatoms. The van der Waals surface area contributed by atoms with Crippen LogP contribution in [-0.4, -0.2) is 31.8 Å². The number of hydrogen-bond donors (Lipinski definition) is 2. The van der Waals surface area contributed by atoms with Crippen molar-refractivity contribution in [2.45, 2.75) is 44.2 Å². The highest BCUT2D eigenvalue weighted by Gasteiger charge is 2.17. The van der Waals surface area contributed by atoms with Gasteiger partial charge in [0, 0.05) is 25.0 Å². The predicted molar refractivity (Wildman–Crippen MR) is 62.5 cm³/mol. The average Bonchev–Trinajstić information content (AvgIpc) is 2.26. The quantitative estimate of drug-likeness (QED) is 0.505. The van der Waals surface area contributed by atoms with E-state index >= 15 is 0 Å². The molecule has 15 heavy (non-hydrogen) atoms. The van der Waals surface area contributed by atoms with E-state index in [2.05, 4.69) is 11.2 Å². The molecule has 1 aliphatic carbocycles. The van der Waals surface area contributed by atoms with E-state index in [1.807, 2.05) is 0 Å². The van der Waals surface area contributed by atoms with Gasteiger partial charge in [0.1, 0.15) is 0 Å². The summed E-state index contributed by atoms with van der Waals surface area (Å²) in [5.41, 5.74) is 5.84. The Bertz CT molecular complexity index is 192. The fourth-order valence-corrected chi connectivity index (χ4v) is 1.89. The lowest BCUT2D eigenvalue weighted by Crippen LogP contribution is -2.38. The zero-order chi connectivity index (χ0) is 10.9. The molecule has 1 aliphatic rings. The molecule has 1 rings (SSSR count). The summed E-state index contributed by atoms with van der Waals surface area (Å²) in [6, 6.07) is 1.07. The van der Waals surface area contributed by atoms with Crippen molar-refractivity contribution in [2.24, 2.45) is 5.73 Å². The highest BCUT2D eigenvalue weighted by molar-refractivity contribution is 4.82. The van der Waals surface area contributed by atoms with E-state index < -0.39 is 0 Å². The number of nitrogens with one attached hydrogen (secondary N) is 1. The first kappa shape index (κ1) is 12.5. The van der Waals surface area contributed by atoms with Crippen LogP contribution in [0, 0.1) is 12.3 Å². The van der Waals surface area contributed by atoms with Crippen LogP contribution in [0.2, 0.25) is 0 Å². The van der Waals surface area contributed by atoms with Crippen molar-refractivity contribution in [3.8, 4) is 12.3 Å². The first-order chi connectivity index (χ1) is 7.33. The third kappa shape index (κ3) is 5.78. The van der Waals surface area contributed by atoms with Crippen molar-refractivity contribution in [2.75, 3.05) is 19.8 Å². The Hall–Kier alpha value is -0.560. The van der Waals surface area contributed by atoms with Crippen LogP contribution in [-0.2, 0) is 4.74 Å². The van der Waals surface area contributed by atoms with Gasteiger partial charge < -0.3 is 15.8 Å². The van der Waals surface area contributed by atoms with E-state index in [1.165, 1.54) is 12.8 Å². The fraction of sp³-hybridized carbons (Fsp3) is 0.833. The maximum atomic E-state index is 5.84. The molecule has 0 bridgehead atoms. The molecule has 0 amide bonds. The van der Waals surface area contributed by atoms with Crippen molar-refractivity contribution < 1.29 is 4.74 Å². The van der Waals surface area contributed by atoms with Crippen molar-refractivity contribution in [1.29, 1.82) is 0 Å². The van der Waals surface area contributed by atoms with Gasteiger partial charge in [-0.25, -0.2) is 0 Å². The van der Waals surface area contributed by atoms with Crippen molar-refractivity contribution in [3.05, 3.63) is 0 Å². The molecule has 0 spiro atoms. The summed E-state index contributed by atoms with van der Waals surface area (Å²) >= 11 is 0. The highest BCUT2D eigenvalue weighted by atomic mass is 16.5. The number of rotatable bonds is 6. The first-order valence-electron chi connectivity index (χ1n) is 5.83. The van der Waals surface area contributed by atoms with Gasteiger partial charge in [-0.1, -0.05) is 0 Å². The number of terminal acetylenes is 1. The minimum absolute atomic E-state index is 0.426. The number of ether oxygens (including phenoxy) is 1. The molecule has 0 radical (unpaired) electrons. The van der Waals surface area contributed by atoms with Gasteiger partial charge >= 0.3 is 0 Å². The van der Waals surface area contributed by atoms with Crippen LogP contribution in [0.15, 0.2) is 0 Å². The van der Waals surface area contributed by atoms with E-state index in [0.717, 1.165) is 26.0 Å². The number of nitrogens with two attached hydrogens (primary N) is 1. The molecule has 0 aromatic rings. The SMILES string of the molecule is C#CCCOCCNC1CCC(N)CC1. The molecule has 0 aromatic heterocycles. The van der Waals surface area contributed by atoms with Gasteiger partial charge in [0.2, 0.25) is 0 Å². The highest BCUT2D eigenvalue weighted by Crippen LogP contribution is 2.16. The van der Waals surface area contributed by atoms with Gasteiger partial charge in [-0.3, -0.25) is 0 Å². The van der Waals surface area contributed by atoms with E-state index in [-0.39, 0.29) is 0 Å². The van der Waals surface area contributed by atoms with Gasteiger partial charge in [0.05, 0.1) is 13.2 Å². The van der Waals surface area contributed by atoms with Crippen molar-refractivity contribution in [3.63, 3.8) is 0 Å². The second-order valence-electron chi connectivity index (χ2n) is 4.13. The zero-order valence-electron chi connectivity index (χ0n) is 9.37. The Morgan fingerprint density at radius 2 is 2.00 bits per heavy atom. The van der Waals surface area contributed by atoms with Gasteiger partial charge in [0.25, 0.3) is 0 Å². The van der Waals surface area contributed by atoms with Crippen LogP contribution < -0.4 is 11.1 Å². The molecule has 3 N–H and O–H groups in total. The van der Waals surface area contributed by atoms with Gasteiger partial charge in [-0.05, 0) is 25.7 Å². The summed E-state index contributed by atoms with van der Waals surface area (Å²) in [4.78, 5) is 0. The summed E-state index contributed by atoms with van der Waals surface area (Å²) < 4.78 is 5.36. The molecule has 0 saturated heterocycles. The third-order valence-corrected chi connectivity index (χ3v) is 2.84. The van der Waals surface area contributed by atoms with Gasteiger partial charge in [-0.2, -0.15) is 0 Å². The van der Waals surface area contributed by atoms with Crippen molar-refractivity contribution >= 4 is 0 Å². The van der Waals surface area contributed by atoms with Crippen LogP contribution in [0.5, 0.6) is 0 Å². The fourth-order valence-electron chi connectivity index (χ4n) is 1.89. The lowest BCUT2D eigenvalue weighted by molar-refractivity contribution is 0.137. The third-order valence-electron chi connectivity index (χ3n) is 2.84. The van der Waals surface area contributed by atoms with Crippen LogP contribution in [0.1, 0.15) is 32.1 Å². The smallest absolute Gasteiger partial charge is 0.0591 e. The second-order valence-corrected chi connectivity index (χ2v) is 4.13. The van der Waals surface area contributed by atoms with Gasteiger partial charge in [0.15, 0.2) is 0 Å². The Balaban J connectivity index is 1.90. The van der Waals surface area contributed by atoms with Crippen LogP contribution in [0.4, 0.5) is 0 Å². The topological polar surface area (TPSA) is 47.3 Å². The Morgan fingerprint density at radius 3 is 2.67 bits per heavy atom. The Labute approximate surface area is 92.8 Å². The molecule has 1 saturated carbocycles. The summed E-state index contributed by atoms with van der Waals surface area (Å²) in [5, 5.41) is 3.49. The molecule has 86 valence electrons. The maximum absolute atomic E-state index is 5.84. The summed E-state index contributed by atoms with van der Waals surface area (Å²) in [6.07, 6.45) is 10.5. The van der Waals surface area contributed by atoms with Crippen LogP contribution in [0.25, 0.3) is 0 Å². The van der Waals surface area contributed by atoms with E-state index in [1.54, 1.807) is 0 Å². The monoisotopic (exact) mass is 210 g/mol. The molecule has 1 fully saturated rings. The first-order valence-corrected chi connectivity index (χ1v) is 5.83. The lowest BCUT2D eigenvalue weighted by atomic mass is 9.92. The molecular weight excluding hydrogens is 188 g/mol. The average molecular weight is 210 g/mol. The minimum atomic E-state index is 0.426. The standard InChI is InChI=1S/C12H22N2O/c1-2-3-9-15-10-8-14-12-6-4-11(13)5-7-12/h1,11-12,14H,3-10,13H2. The Kier molecular flexibility index (Phi) is 6.42. The Morgan fingerprint density at radius 1 is 1.27 bits per heavy atom.